The van der Waals surface area contributed by atoms with Crippen LogP contribution < -0.4 is 14.8 Å². The first-order chi connectivity index (χ1) is 13.6. The number of nitrogens with one attached hydrogen (secondary N) is 1. The van der Waals surface area contributed by atoms with E-state index < -0.39 is 6.10 Å². The fourth-order valence-corrected chi connectivity index (χ4v) is 3.53. The summed E-state index contributed by atoms with van der Waals surface area (Å²) in [5.41, 5.74) is 4.44. The zero-order chi connectivity index (χ0) is 21.7. The Labute approximate surface area is 175 Å². The lowest BCUT2D eigenvalue weighted by Gasteiger charge is -2.23. The van der Waals surface area contributed by atoms with Crippen LogP contribution in [0.25, 0.3) is 0 Å². The van der Waals surface area contributed by atoms with Crippen LogP contribution in [0.1, 0.15) is 81.7 Å². The normalized spacial score (nSPS) is 13.3. The largest absolute Gasteiger partial charge is 0.496 e. The third-order valence-corrected chi connectivity index (χ3v) is 5.28. The number of hydrogen-bond acceptors (Lipinski definition) is 3. The maximum Gasteiger partial charge on any atom is 0.261 e. The summed E-state index contributed by atoms with van der Waals surface area (Å²) in [5.74, 6) is 2.19. The summed E-state index contributed by atoms with van der Waals surface area (Å²) in [6, 6.07) is 12.0. The van der Waals surface area contributed by atoms with Crippen molar-refractivity contribution in [3.05, 3.63) is 58.7 Å². The standard InChI is InChI=1S/C25H35NO3/c1-15(2)20-11-9-10-12-23(20)29-19(7)25(27)26-18(6)22-14-21(16(3)4)24(28-8)13-17(22)5/h9-16,18-19H,1-8H3,(H,26,27)/t18-,19-/m0/s1. The molecular weight excluding hydrogens is 362 g/mol. The molecule has 0 aliphatic heterocycles. The van der Waals surface area contributed by atoms with Crippen LogP contribution in [0.5, 0.6) is 11.5 Å². The fraction of sp³-hybridized carbons (Fsp3) is 0.480. The summed E-state index contributed by atoms with van der Waals surface area (Å²) in [6.07, 6.45) is -0.583. The second-order valence-electron chi connectivity index (χ2n) is 8.29. The Kier molecular flexibility index (Phi) is 7.72. The van der Waals surface area contributed by atoms with Gasteiger partial charge in [0.2, 0.25) is 0 Å². The van der Waals surface area contributed by atoms with Gasteiger partial charge >= 0.3 is 0 Å². The Morgan fingerprint density at radius 1 is 0.862 bits per heavy atom. The van der Waals surface area contributed by atoms with Crippen LogP contribution in [0.3, 0.4) is 0 Å². The number of aryl methyl sites for hydroxylation is 1. The molecular formula is C25H35NO3. The van der Waals surface area contributed by atoms with E-state index in [0.717, 1.165) is 33.8 Å². The highest BCUT2D eigenvalue weighted by Crippen LogP contribution is 2.32. The van der Waals surface area contributed by atoms with Crippen LogP contribution in [-0.2, 0) is 4.79 Å². The van der Waals surface area contributed by atoms with E-state index in [2.05, 4.69) is 39.1 Å². The number of ether oxygens (including phenoxy) is 2. The number of rotatable bonds is 8. The highest BCUT2D eigenvalue weighted by Gasteiger charge is 2.21. The van der Waals surface area contributed by atoms with Crippen LogP contribution in [0, 0.1) is 6.92 Å². The lowest BCUT2D eigenvalue weighted by Crippen LogP contribution is -2.38. The molecule has 0 aromatic heterocycles. The predicted molar refractivity (Wildman–Crippen MR) is 119 cm³/mol. The maximum absolute atomic E-state index is 12.8. The van der Waals surface area contributed by atoms with Gasteiger partial charge in [-0.25, -0.2) is 0 Å². The molecule has 0 radical (unpaired) electrons. The first-order valence-electron chi connectivity index (χ1n) is 10.4. The summed E-state index contributed by atoms with van der Waals surface area (Å²) in [6.45, 7) is 14.4. The monoisotopic (exact) mass is 397 g/mol. The van der Waals surface area contributed by atoms with Gasteiger partial charge in [-0.1, -0.05) is 45.9 Å². The predicted octanol–water partition coefficient (Wildman–Crippen LogP) is 5.90. The minimum absolute atomic E-state index is 0.127. The van der Waals surface area contributed by atoms with Gasteiger partial charge in [0.1, 0.15) is 11.5 Å². The quantitative estimate of drug-likeness (QED) is 0.604. The first-order valence-corrected chi connectivity index (χ1v) is 10.4. The van der Waals surface area contributed by atoms with Crippen LogP contribution in [-0.4, -0.2) is 19.1 Å². The van der Waals surface area contributed by atoms with Crippen LogP contribution in [0.2, 0.25) is 0 Å². The molecule has 29 heavy (non-hydrogen) atoms. The van der Waals surface area contributed by atoms with Crippen molar-refractivity contribution in [3.8, 4) is 11.5 Å². The Balaban J connectivity index is 2.15. The lowest BCUT2D eigenvalue weighted by molar-refractivity contribution is -0.127. The van der Waals surface area contributed by atoms with Crippen LogP contribution in [0.15, 0.2) is 36.4 Å². The van der Waals surface area contributed by atoms with Gasteiger partial charge in [-0.05, 0) is 73.1 Å². The number of hydrogen-bond donors (Lipinski definition) is 1. The van der Waals surface area contributed by atoms with Crippen molar-refractivity contribution in [2.75, 3.05) is 7.11 Å². The van der Waals surface area contributed by atoms with Gasteiger partial charge in [-0.15, -0.1) is 0 Å². The van der Waals surface area contributed by atoms with Crippen molar-refractivity contribution in [1.82, 2.24) is 5.32 Å². The van der Waals surface area contributed by atoms with E-state index in [-0.39, 0.29) is 11.9 Å². The van der Waals surface area contributed by atoms with Gasteiger partial charge in [0, 0.05) is 0 Å². The molecule has 2 aromatic rings. The fourth-order valence-electron chi connectivity index (χ4n) is 3.53. The van der Waals surface area contributed by atoms with Crippen LogP contribution in [0.4, 0.5) is 0 Å². The highest BCUT2D eigenvalue weighted by atomic mass is 16.5. The number of amides is 1. The second kappa shape index (κ2) is 9.82. The van der Waals surface area contributed by atoms with E-state index >= 15 is 0 Å². The summed E-state index contributed by atoms with van der Waals surface area (Å²) in [4.78, 5) is 12.8. The molecule has 4 nitrogen and oxygen atoms in total. The Morgan fingerprint density at radius 3 is 2.07 bits per heavy atom. The highest BCUT2D eigenvalue weighted by molar-refractivity contribution is 5.81. The SMILES string of the molecule is COc1cc(C)c([C@H](C)NC(=O)[C@H](C)Oc2ccccc2C(C)C)cc1C(C)C. The molecule has 0 aliphatic rings. The average molecular weight is 398 g/mol. The molecule has 0 heterocycles. The minimum atomic E-state index is -0.583. The van der Waals surface area contributed by atoms with Gasteiger partial charge in [-0.2, -0.15) is 0 Å². The van der Waals surface area contributed by atoms with Gasteiger partial charge in [0.05, 0.1) is 13.2 Å². The van der Waals surface area contributed by atoms with Crippen molar-refractivity contribution in [2.24, 2.45) is 0 Å². The summed E-state index contributed by atoms with van der Waals surface area (Å²) < 4.78 is 11.5. The topological polar surface area (TPSA) is 47.6 Å². The summed E-state index contributed by atoms with van der Waals surface area (Å²) in [7, 11) is 1.69. The molecule has 0 fully saturated rings. The number of benzene rings is 2. The molecule has 1 N–H and O–H groups in total. The van der Waals surface area contributed by atoms with E-state index in [4.69, 9.17) is 9.47 Å². The van der Waals surface area contributed by atoms with Gasteiger partial charge < -0.3 is 14.8 Å². The van der Waals surface area contributed by atoms with Crippen LogP contribution >= 0.6 is 0 Å². The molecule has 2 aromatic carbocycles. The van der Waals surface area contributed by atoms with Crippen molar-refractivity contribution in [3.63, 3.8) is 0 Å². The van der Waals surface area contributed by atoms with Crippen molar-refractivity contribution >= 4 is 5.91 Å². The Morgan fingerprint density at radius 2 is 1.48 bits per heavy atom. The van der Waals surface area contributed by atoms with E-state index in [1.54, 1.807) is 14.0 Å². The third kappa shape index (κ3) is 5.53. The third-order valence-electron chi connectivity index (χ3n) is 5.28. The number of carbonyl (C=O) groups is 1. The van der Waals surface area contributed by atoms with E-state index in [1.807, 2.05) is 44.2 Å². The van der Waals surface area contributed by atoms with E-state index in [9.17, 15) is 4.79 Å². The number of carbonyl (C=O) groups excluding carboxylic acids is 1. The van der Waals surface area contributed by atoms with Gasteiger partial charge in [0.25, 0.3) is 5.91 Å². The van der Waals surface area contributed by atoms with Gasteiger partial charge in [0.15, 0.2) is 6.10 Å². The molecule has 0 spiro atoms. The molecule has 1 amide bonds. The van der Waals surface area contributed by atoms with Crippen molar-refractivity contribution in [2.45, 2.75) is 72.4 Å². The first kappa shape index (κ1) is 22.8. The number of methoxy groups -OCH3 is 1. The molecule has 0 unspecified atom stereocenters. The zero-order valence-electron chi connectivity index (χ0n) is 19.0. The smallest absolute Gasteiger partial charge is 0.261 e. The Bertz CT molecular complexity index is 842. The number of para-hydroxylation sites is 1. The summed E-state index contributed by atoms with van der Waals surface area (Å²) in [5, 5.41) is 3.10. The molecule has 0 saturated carbocycles. The van der Waals surface area contributed by atoms with E-state index in [1.165, 1.54) is 0 Å². The molecule has 2 atom stereocenters. The molecule has 4 heteroatoms. The second-order valence-corrected chi connectivity index (χ2v) is 8.29. The van der Waals surface area contributed by atoms with Crippen molar-refractivity contribution < 1.29 is 14.3 Å². The molecule has 2 rings (SSSR count). The van der Waals surface area contributed by atoms with E-state index in [0.29, 0.717) is 11.8 Å². The lowest BCUT2D eigenvalue weighted by atomic mass is 9.93. The van der Waals surface area contributed by atoms with Crippen molar-refractivity contribution in [1.29, 1.82) is 0 Å². The molecule has 0 saturated heterocycles. The average Bonchev–Trinajstić information content (AvgIpc) is 2.67. The molecule has 0 bridgehead atoms. The Hall–Kier alpha value is -2.49. The van der Waals surface area contributed by atoms with Gasteiger partial charge in [-0.3, -0.25) is 4.79 Å². The maximum atomic E-state index is 12.8. The summed E-state index contributed by atoms with van der Waals surface area (Å²) >= 11 is 0. The zero-order valence-corrected chi connectivity index (χ0v) is 19.0. The molecule has 158 valence electrons. The minimum Gasteiger partial charge on any atom is -0.496 e. The molecule has 0 aliphatic carbocycles.